The van der Waals surface area contributed by atoms with Crippen molar-refractivity contribution in [2.45, 2.75) is 6.61 Å². The molecular weight excluding hydrogens is 395 g/mol. The van der Waals surface area contributed by atoms with E-state index in [1.54, 1.807) is 60.7 Å². The fourth-order valence-electron chi connectivity index (χ4n) is 2.41. The molecule has 0 atom stereocenters. The fourth-order valence-corrected chi connectivity index (χ4v) is 2.54. The van der Waals surface area contributed by atoms with Crippen LogP contribution in [0.4, 0.5) is 10.1 Å². The van der Waals surface area contributed by atoms with E-state index in [2.05, 4.69) is 10.5 Å². The normalized spacial score (nSPS) is 10.7. The van der Waals surface area contributed by atoms with Crippen LogP contribution in [0.1, 0.15) is 11.1 Å². The molecule has 3 aromatic rings. The standard InChI is InChI=1S/C22H18ClFN2O3/c23-18-9-11-19(12-10-18)26-22(27)15-29-25-13-16-5-2-4-8-21(16)28-14-17-6-1-3-7-20(17)24/h1-13H,14-15H2,(H,26,27). The third-order valence-electron chi connectivity index (χ3n) is 3.85. The topological polar surface area (TPSA) is 59.9 Å². The van der Waals surface area contributed by atoms with E-state index < -0.39 is 0 Å². The second-order valence-corrected chi connectivity index (χ2v) is 6.42. The minimum Gasteiger partial charge on any atom is -0.488 e. The molecule has 3 aromatic carbocycles. The summed E-state index contributed by atoms with van der Waals surface area (Å²) in [7, 11) is 0. The average molecular weight is 413 g/mol. The number of oxime groups is 1. The number of carbonyl (C=O) groups is 1. The monoisotopic (exact) mass is 412 g/mol. The Balaban J connectivity index is 1.52. The summed E-state index contributed by atoms with van der Waals surface area (Å²) in [6, 6.07) is 20.3. The minimum absolute atomic E-state index is 0.0852. The molecule has 0 aliphatic heterocycles. The first kappa shape index (κ1) is 20.4. The first-order valence-electron chi connectivity index (χ1n) is 8.78. The molecule has 0 aromatic heterocycles. The van der Waals surface area contributed by atoms with E-state index in [1.807, 2.05) is 6.07 Å². The number of hydrogen-bond acceptors (Lipinski definition) is 4. The molecule has 29 heavy (non-hydrogen) atoms. The molecule has 148 valence electrons. The van der Waals surface area contributed by atoms with Crippen molar-refractivity contribution >= 4 is 29.4 Å². The number of benzene rings is 3. The van der Waals surface area contributed by atoms with Gasteiger partial charge in [0.1, 0.15) is 18.2 Å². The number of ether oxygens (including phenoxy) is 1. The molecule has 1 amide bonds. The summed E-state index contributed by atoms with van der Waals surface area (Å²) in [6.45, 7) is -0.167. The highest BCUT2D eigenvalue weighted by atomic mass is 35.5. The number of para-hydroxylation sites is 1. The maximum absolute atomic E-state index is 13.7. The summed E-state index contributed by atoms with van der Waals surface area (Å²) >= 11 is 5.80. The smallest absolute Gasteiger partial charge is 0.265 e. The van der Waals surface area contributed by atoms with E-state index in [0.717, 1.165) is 0 Å². The number of nitrogens with zero attached hydrogens (tertiary/aromatic N) is 1. The van der Waals surface area contributed by atoms with Crippen LogP contribution in [-0.4, -0.2) is 18.7 Å². The molecule has 0 heterocycles. The molecule has 7 heteroatoms. The van der Waals surface area contributed by atoms with E-state index in [9.17, 15) is 9.18 Å². The fraction of sp³-hybridized carbons (Fsp3) is 0.0909. The van der Waals surface area contributed by atoms with Gasteiger partial charge in [-0.25, -0.2) is 4.39 Å². The molecule has 0 fully saturated rings. The molecule has 1 N–H and O–H groups in total. The largest absolute Gasteiger partial charge is 0.488 e. The number of nitrogens with one attached hydrogen (secondary N) is 1. The summed E-state index contributed by atoms with van der Waals surface area (Å²) in [5.41, 5.74) is 1.70. The Morgan fingerprint density at radius 1 is 1.03 bits per heavy atom. The molecule has 0 unspecified atom stereocenters. The Kier molecular flexibility index (Phi) is 7.19. The van der Waals surface area contributed by atoms with Crippen molar-refractivity contribution in [1.82, 2.24) is 0 Å². The van der Waals surface area contributed by atoms with Gasteiger partial charge in [-0.15, -0.1) is 0 Å². The SMILES string of the molecule is O=C(CON=Cc1ccccc1OCc1ccccc1F)Nc1ccc(Cl)cc1. The van der Waals surface area contributed by atoms with Gasteiger partial charge in [0.05, 0.1) is 6.21 Å². The molecule has 0 bridgehead atoms. The molecule has 0 aliphatic carbocycles. The van der Waals surface area contributed by atoms with Crippen molar-refractivity contribution in [1.29, 1.82) is 0 Å². The van der Waals surface area contributed by atoms with Crippen LogP contribution in [0.3, 0.4) is 0 Å². The lowest BCUT2D eigenvalue weighted by Gasteiger charge is -2.09. The number of rotatable bonds is 8. The Hall–Kier alpha value is -3.38. The molecule has 0 saturated heterocycles. The molecule has 3 rings (SSSR count). The minimum atomic E-state index is -0.353. The first-order chi connectivity index (χ1) is 14.1. The predicted molar refractivity (Wildman–Crippen MR) is 111 cm³/mol. The van der Waals surface area contributed by atoms with E-state index in [-0.39, 0.29) is 24.9 Å². The zero-order valence-electron chi connectivity index (χ0n) is 15.3. The van der Waals surface area contributed by atoms with Crippen molar-refractivity contribution in [2.75, 3.05) is 11.9 Å². The van der Waals surface area contributed by atoms with Crippen molar-refractivity contribution in [3.63, 3.8) is 0 Å². The number of carbonyl (C=O) groups excluding carboxylic acids is 1. The van der Waals surface area contributed by atoms with Gasteiger partial charge in [0, 0.05) is 21.8 Å². The molecule has 0 spiro atoms. The van der Waals surface area contributed by atoms with Crippen LogP contribution < -0.4 is 10.1 Å². The van der Waals surface area contributed by atoms with Gasteiger partial charge in [0.15, 0.2) is 6.61 Å². The Labute approximate surface area is 172 Å². The zero-order chi connectivity index (χ0) is 20.5. The van der Waals surface area contributed by atoms with Gasteiger partial charge in [0.2, 0.25) is 0 Å². The van der Waals surface area contributed by atoms with Crippen molar-refractivity contribution in [3.8, 4) is 5.75 Å². The molecule has 0 radical (unpaired) electrons. The van der Waals surface area contributed by atoms with Crippen molar-refractivity contribution in [3.05, 3.63) is 94.8 Å². The van der Waals surface area contributed by atoms with Crippen molar-refractivity contribution in [2.24, 2.45) is 5.16 Å². The number of amides is 1. The second kappa shape index (κ2) is 10.2. The maximum Gasteiger partial charge on any atom is 0.265 e. The lowest BCUT2D eigenvalue weighted by molar-refractivity contribution is -0.120. The Bertz CT molecular complexity index is 993. The van der Waals surface area contributed by atoms with E-state index >= 15 is 0 Å². The van der Waals surface area contributed by atoms with Gasteiger partial charge < -0.3 is 14.9 Å². The lowest BCUT2D eigenvalue weighted by atomic mass is 10.2. The third-order valence-corrected chi connectivity index (χ3v) is 4.10. The predicted octanol–water partition coefficient (Wildman–Crippen LogP) is 5.05. The van der Waals surface area contributed by atoms with Crippen LogP contribution in [0.25, 0.3) is 0 Å². The van der Waals surface area contributed by atoms with Crippen molar-refractivity contribution < 1.29 is 18.8 Å². The van der Waals surface area contributed by atoms with Crippen LogP contribution in [0.15, 0.2) is 78.0 Å². The van der Waals surface area contributed by atoms with Crippen LogP contribution >= 0.6 is 11.6 Å². The molecule has 0 aliphatic rings. The summed E-state index contributed by atoms with van der Waals surface area (Å²) in [4.78, 5) is 16.9. The highest BCUT2D eigenvalue weighted by Crippen LogP contribution is 2.18. The van der Waals surface area contributed by atoms with Crippen LogP contribution in [0.2, 0.25) is 5.02 Å². The summed E-state index contributed by atoms with van der Waals surface area (Å²) < 4.78 is 19.4. The summed E-state index contributed by atoms with van der Waals surface area (Å²) in [5, 5.41) is 7.06. The second-order valence-electron chi connectivity index (χ2n) is 5.98. The quantitative estimate of drug-likeness (QED) is 0.416. The molecule has 5 nitrogen and oxygen atoms in total. The van der Waals surface area contributed by atoms with E-state index in [4.69, 9.17) is 21.2 Å². The van der Waals surface area contributed by atoms with Crippen LogP contribution in [0, 0.1) is 5.82 Å². The van der Waals surface area contributed by atoms with Crippen LogP contribution in [0.5, 0.6) is 5.75 Å². The van der Waals surface area contributed by atoms with E-state index in [1.165, 1.54) is 12.3 Å². The van der Waals surface area contributed by atoms with E-state index in [0.29, 0.717) is 27.6 Å². The highest BCUT2D eigenvalue weighted by molar-refractivity contribution is 6.30. The van der Waals surface area contributed by atoms with Gasteiger partial charge in [-0.2, -0.15) is 0 Å². The summed E-state index contributed by atoms with van der Waals surface area (Å²) in [5.74, 6) is -0.157. The van der Waals surface area contributed by atoms with Gasteiger partial charge in [-0.3, -0.25) is 4.79 Å². The maximum atomic E-state index is 13.7. The Morgan fingerprint density at radius 3 is 2.55 bits per heavy atom. The average Bonchev–Trinajstić information content (AvgIpc) is 2.73. The lowest BCUT2D eigenvalue weighted by Crippen LogP contribution is -2.16. The Morgan fingerprint density at radius 2 is 1.76 bits per heavy atom. The first-order valence-corrected chi connectivity index (χ1v) is 9.15. The zero-order valence-corrected chi connectivity index (χ0v) is 16.1. The number of anilines is 1. The molecular formula is C22H18ClFN2O3. The van der Waals surface area contributed by atoms with Gasteiger partial charge in [-0.1, -0.05) is 47.1 Å². The number of hydrogen-bond donors (Lipinski definition) is 1. The summed E-state index contributed by atoms with van der Waals surface area (Å²) in [6.07, 6.45) is 1.44. The van der Waals surface area contributed by atoms with Gasteiger partial charge >= 0.3 is 0 Å². The van der Waals surface area contributed by atoms with Gasteiger partial charge in [-0.05, 0) is 42.5 Å². The van der Waals surface area contributed by atoms with Gasteiger partial charge in [0.25, 0.3) is 5.91 Å². The number of halogens is 2. The highest BCUT2D eigenvalue weighted by Gasteiger charge is 2.06. The molecule has 0 saturated carbocycles. The van der Waals surface area contributed by atoms with Crippen LogP contribution in [-0.2, 0) is 16.2 Å². The third kappa shape index (κ3) is 6.33.